The number of hydrogen-bond acceptors (Lipinski definition) is 2. The summed E-state index contributed by atoms with van der Waals surface area (Å²) in [4.78, 5) is 11.3. The second kappa shape index (κ2) is 4.98. The van der Waals surface area contributed by atoms with Crippen LogP contribution in [0.5, 0.6) is 0 Å². The first-order chi connectivity index (χ1) is 6.65. The van der Waals surface area contributed by atoms with Gasteiger partial charge in [-0.15, -0.1) is 11.6 Å². The molecule has 0 saturated carbocycles. The van der Waals surface area contributed by atoms with Gasteiger partial charge in [-0.25, -0.2) is 0 Å². The lowest BCUT2D eigenvalue weighted by molar-refractivity contribution is -0.115. The van der Waals surface area contributed by atoms with Crippen LogP contribution in [0.25, 0.3) is 0 Å². The van der Waals surface area contributed by atoms with E-state index in [9.17, 15) is 4.79 Å². The number of carbonyl (C=O) groups is 1. The first-order valence-corrected chi connectivity index (χ1v) is 4.81. The van der Waals surface area contributed by atoms with Crippen molar-refractivity contribution in [2.45, 2.75) is 18.8 Å². The molecule has 0 aliphatic carbocycles. The third-order valence-corrected chi connectivity index (χ3v) is 2.05. The molecule has 1 unspecified atom stereocenters. The summed E-state index contributed by atoms with van der Waals surface area (Å²) in [6.45, 7) is 2.02. The van der Waals surface area contributed by atoms with E-state index in [-0.39, 0.29) is 5.91 Å². The van der Waals surface area contributed by atoms with Gasteiger partial charge >= 0.3 is 0 Å². The summed E-state index contributed by atoms with van der Waals surface area (Å²) < 4.78 is 0. The van der Waals surface area contributed by atoms with Gasteiger partial charge in [0.15, 0.2) is 0 Å². The molecule has 0 aromatic heterocycles. The van der Waals surface area contributed by atoms with Gasteiger partial charge in [-0.05, 0) is 18.6 Å². The van der Waals surface area contributed by atoms with E-state index >= 15 is 0 Å². The Morgan fingerprint density at radius 2 is 2.21 bits per heavy atom. The molecule has 0 saturated heterocycles. The largest absolute Gasteiger partial charge is 0.326 e. The van der Waals surface area contributed by atoms with Crippen LogP contribution < -0.4 is 11.1 Å². The summed E-state index contributed by atoms with van der Waals surface area (Å²) in [6.07, 6.45) is 0. The first-order valence-electron chi connectivity index (χ1n) is 4.38. The maximum atomic E-state index is 11.3. The lowest BCUT2D eigenvalue weighted by atomic mass is 10.2. The van der Waals surface area contributed by atoms with Gasteiger partial charge in [-0.1, -0.05) is 18.2 Å². The Bertz CT molecular complexity index is 326. The van der Waals surface area contributed by atoms with E-state index in [1.165, 1.54) is 0 Å². The average molecular weight is 213 g/mol. The molecular formula is C10H13ClN2O. The minimum absolute atomic E-state index is 0.215. The standard InChI is InChI=1S/C10H13ClN2O/c1-7(11)10(14)13-9-5-3-2-4-8(9)6-12/h2-5,7H,6,12H2,1H3,(H,13,14). The molecule has 0 fully saturated rings. The molecule has 0 bridgehead atoms. The predicted molar refractivity (Wildman–Crippen MR) is 58.3 cm³/mol. The molecule has 1 amide bonds. The van der Waals surface area contributed by atoms with Crippen molar-refractivity contribution in [3.8, 4) is 0 Å². The number of halogens is 1. The molecule has 0 heterocycles. The van der Waals surface area contributed by atoms with Crippen molar-refractivity contribution in [2.75, 3.05) is 5.32 Å². The van der Waals surface area contributed by atoms with Gasteiger partial charge in [0.25, 0.3) is 0 Å². The summed E-state index contributed by atoms with van der Waals surface area (Å²) in [6, 6.07) is 7.39. The molecule has 1 aromatic carbocycles. The lowest BCUT2D eigenvalue weighted by Crippen LogP contribution is -2.21. The quantitative estimate of drug-likeness (QED) is 0.750. The van der Waals surface area contributed by atoms with E-state index in [0.29, 0.717) is 6.54 Å². The summed E-state index contributed by atoms with van der Waals surface area (Å²) in [5.41, 5.74) is 7.15. The van der Waals surface area contributed by atoms with Crippen molar-refractivity contribution in [1.82, 2.24) is 0 Å². The topological polar surface area (TPSA) is 55.1 Å². The van der Waals surface area contributed by atoms with Crippen LogP contribution in [0.2, 0.25) is 0 Å². The van der Waals surface area contributed by atoms with Crippen molar-refractivity contribution in [3.05, 3.63) is 29.8 Å². The Morgan fingerprint density at radius 1 is 1.57 bits per heavy atom. The first kappa shape index (κ1) is 11.0. The second-order valence-corrected chi connectivity index (χ2v) is 3.62. The van der Waals surface area contributed by atoms with E-state index in [0.717, 1.165) is 11.3 Å². The minimum atomic E-state index is -0.541. The zero-order chi connectivity index (χ0) is 10.6. The Balaban J connectivity index is 2.80. The van der Waals surface area contributed by atoms with Gasteiger partial charge in [0.1, 0.15) is 5.38 Å². The number of hydrogen-bond donors (Lipinski definition) is 2. The van der Waals surface area contributed by atoms with Crippen LogP contribution in [-0.4, -0.2) is 11.3 Å². The molecule has 0 aliphatic heterocycles. The molecule has 3 nitrogen and oxygen atoms in total. The van der Waals surface area contributed by atoms with E-state index in [2.05, 4.69) is 5.32 Å². The zero-order valence-corrected chi connectivity index (χ0v) is 8.71. The fraction of sp³-hybridized carbons (Fsp3) is 0.300. The number of rotatable bonds is 3. The maximum absolute atomic E-state index is 11.3. The number of alkyl halides is 1. The van der Waals surface area contributed by atoms with Gasteiger partial charge in [0, 0.05) is 12.2 Å². The Labute approximate surface area is 88.2 Å². The molecular weight excluding hydrogens is 200 g/mol. The highest BCUT2D eigenvalue weighted by molar-refractivity contribution is 6.32. The predicted octanol–water partition coefficient (Wildman–Crippen LogP) is 1.71. The molecule has 76 valence electrons. The van der Waals surface area contributed by atoms with Crippen LogP contribution in [0, 0.1) is 0 Å². The van der Waals surface area contributed by atoms with Crippen LogP contribution in [0.3, 0.4) is 0 Å². The molecule has 0 aliphatic rings. The monoisotopic (exact) mass is 212 g/mol. The van der Waals surface area contributed by atoms with Crippen LogP contribution in [-0.2, 0) is 11.3 Å². The molecule has 1 rings (SSSR count). The minimum Gasteiger partial charge on any atom is -0.326 e. The number of carbonyl (C=O) groups excluding carboxylic acids is 1. The molecule has 1 atom stereocenters. The molecule has 4 heteroatoms. The number of amides is 1. The van der Waals surface area contributed by atoms with Crippen LogP contribution in [0.1, 0.15) is 12.5 Å². The number of benzene rings is 1. The summed E-state index contributed by atoms with van der Waals surface area (Å²) >= 11 is 5.63. The van der Waals surface area contributed by atoms with Gasteiger partial charge in [-0.3, -0.25) is 4.79 Å². The molecule has 1 aromatic rings. The summed E-state index contributed by atoms with van der Waals surface area (Å²) in [5, 5.41) is 2.17. The van der Waals surface area contributed by atoms with Gasteiger partial charge in [0.2, 0.25) is 5.91 Å². The van der Waals surface area contributed by atoms with Gasteiger partial charge in [0.05, 0.1) is 0 Å². The third kappa shape index (κ3) is 2.72. The summed E-state index contributed by atoms with van der Waals surface area (Å²) in [7, 11) is 0. The third-order valence-electron chi connectivity index (χ3n) is 1.86. The normalized spacial score (nSPS) is 12.2. The fourth-order valence-corrected chi connectivity index (χ4v) is 1.11. The van der Waals surface area contributed by atoms with Crippen molar-refractivity contribution in [3.63, 3.8) is 0 Å². The number of nitrogens with one attached hydrogen (secondary N) is 1. The number of para-hydroxylation sites is 1. The number of anilines is 1. The SMILES string of the molecule is CC(Cl)C(=O)Nc1ccccc1CN. The van der Waals surface area contributed by atoms with Crippen molar-refractivity contribution in [2.24, 2.45) is 5.73 Å². The highest BCUT2D eigenvalue weighted by atomic mass is 35.5. The smallest absolute Gasteiger partial charge is 0.242 e. The highest BCUT2D eigenvalue weighted by Gasteiger charge is 2.10. The van der Waals surface area contributed by atoms with Crippen LogP contribution >= 0.6 is 11.6 Å². The van der Waals surface area contributed by atoms with Gasteiger partial charge < -0.3 is 11.1 Å². The Kier molecular flexibility index (Phi) is 3.92. The number of nitrogens with two attached hydrogens (primary N) is 1. The average Bonchev–Trinajstić information content (AvgIpc) is 2.18. The lowest BCUT2D eigenvalue weighted by Gasteiger charge is -2.10. The van der Waals surface area contributed by atoms with Crippen molar-refractivity contribution >= 4 is 23.2 Å². The fourth-order valence-electron chi connectivity index (χ4n) is 1.05. The van der Waals surface area contributed by atoms with E-state index < -0.39 is 5.38 Å². The van der Waals surface area contributed by atoms with E-state index in [1.54, 1.807) is 13.0 Å². The second-order valence-electron chi connectivity index (χ2n) is 2.97. The Morgan fingerprint density at radius 3 is 2.79 bits per heavy atom. The maximum Gasteiger partial charge on any atom is 0.242 e. The van der Waals surface area contributed by atoms with Gasteiger partial charge in [-0.2, -0.15) is 0 Å². The molecule has 0 radical (unpaired) electrons. The molecule has 14 heavy (non-hydrogen) atoms. The Hall–Kier alpha value is -1.06. The molecule has 3 N–H and O–H groups in total. The molecule has 0 spiro atoms. The van der Waals surface area contributed by atoms with E-state index in [1.807, 2.05) is 18.2 Å². The van der Waals surface area contributed by atoms with Crippen LogP contribution in [0.4, 0.5) is 5.69 Å². The zero-order valence-electron chi connectivity index (χ0n) is 7.96. The van der Waals surface area contributed by atoms with Crippen LogP contribution in [0.15, 0.2) is 24.3 Å². The van der Waals surface area contributed by atoms with E-state index in [4.69, 9.17) is 17.3 Å². The summed E-state index contributed by atoms with van der Waals surface area (Å²) in [5.74, 6) is -0.215. The highest BCUT2D eigenvalue weighted by Crippen LogP contribution is 2.14. The van der Waals surface area contributed by atoms with Crippen molar-refractivity contribution in [1.29, 1.82) is 0 Å². The van der Waals surface area contributed by atoms with Crippen molar-refractivity contribution < 1.29 is 4.79 Å².